The number of furan rings is 1. The number of aromatic nitrogens is 3. The van der Waals surface area contributed by atoms with Gasteiger partial charge >= 0.3 is 0 Å². The second-order valence-corrected chi connectivity index (χ2v) is 9.01. The van der Waals surface area contributed by atoms with Crippen LogP contribution in [0, 0.1) is 0 Å². The molecule has 4 rings (SSSR count). The molecule has 0 saturated heterocycles. The van der Waals surface area contributed by atoms with Crippen molar-refractivity contribution < 1.29 is 19.1 Å². The highest BCUT2D eigenvalue weighted by Crippen LogP contribution is 2.35. The molecular weight excluding hydrogens is 426 g/mol. The van der Waals surface area contributed by atoms with Crippen LogP contribution in [0.3, 0.4) is 0 Å². The van der Waals surface area contributed by atoms with Gasteiger partial charge in [-0.15, -0.1) is 10.2 Å². The molecule has 1 aromatic carbocycles. The smallest absolute Gasteiger partial charge is 0.200 e. The van der Waals surface area contributed by atoms with E-state index in [9.17, 15) is 9.90 Å². The minimum Gasteiger partial charge on any atom is -0.491 e. The van der Waals surface area contributed by atoms with Crippen LogP contribution in [-0.2, 0) is 0 Å². The summed E-state index contributed by atoms with van der Waals surface area (Å²) in [5.41, 5.74) is 0.672. The average Bonchev–Trinajstić information content (AvgIpc) is 3.51. The van der Waals surface area contributed by atoms with E-state index < -0.39 is 6.10 Å². The predicted molar refractivity (Wildman–Crippen MR) is 123 cm³/mol. The lowest BCUT2D eigenvalue weighted by Gasteiger charge is -2.25. The summed E-state index contributed by atoms with van der Waals surface area (Å²) in [4.78, 5) is 11.7. The van der Waals surface area contributed by atoms with Gasteiger partial charge in [0.25, 0.3) is 0 Å². The van der Waals surface area contributed by atoms with Gasteiger partial charge in [-0.1, -0.05) is 37.9 Å². The van der Waals surface area contributed by atoms with Crippen molar-refractivity contribution in [3.63, 3.8) is 0 Å². The van der Waals surface area contributed by atoms with Gasteiger partial charge in [0, 0.05) is 23.8 Å². The maximum absolute atomic E-state index is 11.7. The maximum atomic E-state index is 11.7. The Kier molecular flexibility index (Phi) is 7.65. The third-order valence-corrected chi connectivity index (χ3v) is 6.78. The van der Waals surface area contributed by atoms with Crippen molar-refractivity contribution >= 4 is 17.5 Å². The minimum absolute atomic E-state index is 0.101. The van der Waals surface area contributed by atoms with Crippen LogP contribution in [-0.4, -0.2) is 44.1 Å². The van der Waals surface area contributed by atoms with E-state index in [4.69, 9.17) is 9.15 Å². The number of Topliss-reactive ketones (excluding diaryl/α,β-unsaturated/α-hetero) is 1. The van der Waals surface area contributed by atoms with Gasteiger partial charge in [0.2, 0.25) is 5.82 Å². The van der Waals surface area contributed by atoms with Crippen molar-refractivity contribution in [2.45, 2.75) is 62.8 Å². The Morgan fingerprint density at radius 1 is 1.22 bits per heavy atom. The van der Waals surface area contributed by atoms with Crippen LogP contribution < -0.4 is 4.74 Å². The number of hydrogen-bond acceptors (Lipinski definition) is 7. The summed E-state index contributed by atoms with van der Waals surface area (Å²) in [6.45, 7) is 2.00. The summed E-state index contributed by atoms with van der Waals surface area (Å²) in [6, 6.07) is 11.1. The van der Waals surface area contributed by atoms with Crippen molar-refractivity contribution in [3.05, 3.63) is 48.2 Å². The molecule has 1 aliphatic carbocycles. The summed E-state index contributed by atoms with van der Waals surface area (Å²) < 4.78 is 13.5. The van der Waals surface area contributed by atoms with Gasteiger partial charge < -0.3 is 14.3 Å². The van der Waals surface area contributed by atoms with Gasteiger partial charge in [-0.2, -0.15) is 0 Å². The molecule has 2 heterocycles. The molecule has 1 atom stereocenters. The highest BCUT2D eigenvalue weighted by Gasteiger charge is 2.25. The molecule has 1 unspecified atom stereocenters. The number of ketones is 1. The van der Waals surface area contributed by atoms with Crippen LogP contribution in [0.25, 0.3) is 11.6 Å². The highest BCUT2D eigenvalue weighted by molar-refractivity contribution is 7.99. The maximum Gasteiger partial charge on any atom is 0.200 e. The fraction of sp³-hybridized carbons (Fsp3) is 0.458. The number of aliphatic hydroxyl groups excluding tert-OH is 1. The first-order valence-corrected chi connectivity index (χ1v) is 12.2. The molecule has 8 heteroatoms. The van der Waals surface area contributed by atoms with Crippen molar-refractivity contribution in [2.24, 2.45) is 0 Å². The summed E-state index contributed by atoms with van der Waals surface area (Å²) in [5.74, 6) is 2.63. The van der Waals surface area contributed by atoms with Gasteiger partial charge in [-0.3, -0.25) is 9.36 Å². The number of carbonyl (C=O) groups excluding carboxylic acids is 1. The molecule has 0 spiro atoms. The lowest BCUT2D eigenvalue weighted by molar-refractivity contribution is 0.0987. The van der Waals surface area contributed by atoms with Crippen molar-refractivity contribution in [3.8, 4) is 17.3 Å². The first-order chi connectivity index (χ1) is 15.7. The number of ether oxygens (including phenoxy) is 1. The van der Waals surface area contributed by atoms with E-state index in [1.807, 2.05) is 19.1 Å². The molecule has 0 bridgehead atoms. The van der Waals surface area contributed by atoms with E-state index >= 15 is 0 Å². The normalized spacial score (nSPS) is 15.6. The van der Waals surface area contributed by atoms with Gasteiger partial charge in [0.05, 0.1) is 12.4 Å². The van der Waals surface area contributed by atoms with E-state index in [1.54, 1.807) is 30.5 Å². The van der Waals surface area contributed by atoms with Crippen LogP contribution in [0.2, 0.25) is 0 Å². The van der Waals surface area contributed by atoms with Gasteiger partial charge in [0.15, 0.2) is 16.7 Å². The van der Waals surface area contributed by atoms with Crippen LogP contribution >= 0.6 is 11.8 Å². The zero-order valence-electron chi connectivity index (χ0n) is 18.3. The molecule has 2 aromatic heterocycles. The summed E-state index contributed by atoms with van der Waals surface area (Å²) in [5, 5.41) is 20.1. The molecule has 0 aliphatic heterocycles. The predicted octanol–water partition coefficient (Wildman–Crippen LogP) is 5.17. The molecule has 7 nitrogen and oxygen atoms in total. The Balaban J connectivity index is 1.37. The van der Waals surface area contributed by atoms with E-state index in [2.05, 4.69) is 14.8 Å². The Morgan fingerprint density at radius 2 is 2.00 bits per heavy atom. The SMILES string of the molecule is CCC(=O)c1ccc(OCC(O)CSc2nnc(-c3ccco3)n2C2CCCCC2)cc1. The van der Waals surface area contributed by atoms with E-state index in [-0.39, 0.29) is 12.4 Å². The first-order valence-electron chi connectivity index (χ1n) is 11.2. The first kappa shape index (κ1) is 22.6. The second-order valence-electron chi connectivity index (χ2n) is 8.02. The average molecular weight is 456 g/mol. The number of aliphatic hydroxyl groups is 1. The number of rotatable bonds is 10. The van der Waals surface area contributed by atoms with Crippen molar-refractivity contribution in [1.82, 2.24) is 14.8 Å². The standard InChI is InChI=1S/C24H29N3O4S/c1-2-21(29)17-10-12-20(13-11-17)31-15-19(28)16-32-24-26-25-23(22-9-6-14-30-22)27(24)18-7-4-3-5-8-18/h6,9-14,18-19,28H,2-5,7-8,15-16H2,1H3. The number of nitrogens with zero attached hydrogens (tertiary/aromatic N) is 3. The molecule has 1 fully saturated rings. The van der Waals surface area contributed by atoms with Crippen LogP contribution in [0.5, 0.6) is 5.75 Å². The fourth-order valence-corrected chi connectivity index (χ4v) is 4.88. The lowest BCUT2D eigenvalue weighted by atomic mass is 9.95. The highest BCUT2D eigenvalue weighted by atomic mass is 32.2. The Hall–Kier alpha value is -2.58. The molecule has 1 aliphatic rings. The van der Waals surface area contributed by atoms with E-state index in [0.29, 0.717) is 35.3 Å². The van der Waals surface area contributed by atoms with Crippen LogP contribution in [0.15, 0.2) is 52.2 Å². The molecule has 1 saturated carbocycles. The van der Waals surface area contributed by atoms with Gasteiger partial charge in [-0.25, -0.2) is 0 Å². The third-order valence-electron chi connectivity index (χ3n) is 5.69. The van der Waals surface area contributed by atoms with Crippen LogP contribution in [0.1, 0.15) is 61.8 Å². The quantitative estimate of drug-likeness (QED) is 0.333. The zero-order valence-corrected chi connectivity index (χ0v) is 19.1. The van der Waals surface area contributed by atoms with Crippen LogP contribution in [0.4, 0.5) is 0 Å². The lowest BCUT2D eigenvalue weighted by Crippen LogP contribution is -2.21. The molecular formula is C24H29N3O4S. The topological polar surface area (TPSA) is 90.4 Å². The van der Waals surface area contributed by atoms with Gasteiger partial charge in [0.1, 0.15) is 12.4 Å². The van der Waals surface area contributed by atoms with Crippen molar-refractivity contribution in [1.29, 1.82) is 0 Å². The number of carbonyl (C=O) groups is 1. The Bertz CT molecular complexity index is 995. The summed E-state index contributed by atoms with van der Waals surface area (Å²) in [6.07, 6.45) is 7.31. The molecule has 3 aromatic rings. The largest absolute Gasteiger partial charge is 0.491 e. The van der Waals surface area contributed by atoms with Gasteiger partial charge in [-0.05, 0) is 49.2 Å². The monoisotopic (exact) mass is 455 g/mol. The molecule has 0 amide bonds. The van der Waals surface area contributed by atoms with E-state index in [0.717, 1.165) is 23.8 Å². The molecule has 170 valence electrons. The summed E-state index contributed by atoms with van der Waals surface area (Å²) >= 11 is 1.48. The van der Waals surface area contributed by atoms with Crippen molar-refractivity contribution in [2.75, 3.05) is 12.4 Å². The molecule has 0 radical (unpaired) electrons. The second kappa shape index (κ2) is 10.8. The minimum atomic E-state index is -0.666. The zero-order chi connectivity index (χ0) is 22.3. The fourth-order valence-electron chi connectivity index (χ4n) is 3.97. The number of benzene rings is 1. The number of thioether (sulfide) groups is 1. The summed E-state index contributed by atoms with van der Waals surface area (Å²) in [7, 11) is 0. The Morgan fingerprint density at radius 3 is 2.69 bits per heavy atom. The number of hydrogen-bond donors (Lipinski definition) is 1. The molecule has 32 heavy (non-hydrogen) atoms. The third kappa shape index (κ3) is 5.42. The van der Waals surface area contributed by atoms with E-state index in [1.165, 1.54) is 31.0 Å². The Labute approximate surface area is 192 Å². The molecule has 1 N–H and O–H groups in total.